The molecule has 0 saturated carbocycles. The van der Waals surface area contributed by atoms with Crippen LogP contribution in [-0.4, -0.2) is 45.3 Å². The molecule has 0 spiro atoms. The molecule has 2 heterocycles. The number of thiazole rings is 1. The molecule has 1 amide bonds. The predicted molar refractivity (Wildman–Crippen MR) is 119 cm³/mol. The maximum Gasteiger partial charge on any atom is 0.227 e. The first-order valence-corrected chi connectivity index (χ1v) is 10.8. The SMILES string of the molecule is COc1cc(NC(=O)C2CCN(c3nc4ccc(F)cc4s3)CC2)cc(OC)c1OC. The summed E-state index contributed by atoms with van der Waals surface area (Å²) in [6.07, 6.45) is 1.42. The number of hydrogen-bond donors (Lipinski definition) is 1. The Labute approximate surface area is 183 Å². The van der Waals surface area contributed by atoms with Crippen molar-refractivity contribution < 1.29 is 23.4 Å². The molecule has 164 valence electrons. The van der Waals surface area contributed by atoms with E-state index in [9.17, 15) is 9.18 Å². The van der Waals surface area contributed by atoms with Gasteiger partial charge in [0, 0.05) is 36.8 Å². The molecular formula is C22H24FN3O4S. The molecule has 2 aromatic carbocycles. The Balaban J connectivity index is 1.41. The molecule has 0 radical (unpaired) electrons. The Kier molecular flexibility index (Phi) is 6.13. The highest BCUT2D eigenvalue weighted by Gasteiger charge is 2.27. The van der Waals surface area contributed by atoms with Crippen molar-refractivity contribution in [3.8, 4) is 17.2 Å². The Morgan fingerprint density at radius 1 is 1.10 bits per heavy atom. The predicted octanol–water partition coefficient (Wildman–Crippen LogP) is 4.32. The van der Waals surface area contributed by atoms with Crippen LogP contribution in [0, 0.1) is 11.7 Å². The fourth-order valence-corrected chi connectivity index (χ4v) is 4.79. The standard InChI is InChI=1S/C22H24FN3O4S/c1-28-17-11-15(12-18(29-2)20(17)30-3)24-21(27)13-6-8-26(9-7-13)22-25-16-5-4-14(23)10-19(16)31-22/h4-5,10-13H,6-9H2,1-3H3,(H,24,27). The second-order valence-electron chi connectivity index (χ2n) is 7.27. The van der Waals surface area contributed by atoms with E-state index in [1.165, 1.54) is 44.8 Å². The quantitative estimate of drug-likeness (QED) is 0.609. The molecule has 1 aliphatic heterocycles. The number of fused-ring (bicyclic) bond motifs is 1. The van der Waals surface area contributed by atoms with Gasteiger partial charge in [-0.05, 0) is 31.0 Å². The lowest BCUT2D eigenvalue weighted by Gasteiger charge is -2.31. The molecule has 1 aromatic heterocycles. The van der Waals surface area contributed by atoms with Crippen LogP contribution in [0.3, 0.4) is 0 Å². The van der Waals surface area contributed by atoms with Gasteiger partial charge in [0.2, 0.25) is 11.7 Å². The summed E-state index contributed by atoms with van der Waals surface area (Å²) in [5, 5.41) is 3.83. The van der Waals surface area contributed by atoms with Crippen molar-refractivity contribution in [1.82, 2.24) is 4.98 Å². The van der Waals surface area contributed by atoms with Crippen LogP contribution >= 0.6 is 11.3 Å². The van der Waals surface area contributed by atoms with Crippen molar-refractivity contribution in [3.63, 3.8) is 0 Å². The smallest absolute Gasteiger partial charge is 0.227 e. The van der Waals surface area contributed by atoms with Crippen LogP contribution in [0.2, 0.25) is 0 Å². The molecule has 1 N–H and O–H groups in total. The number of amides is 1. The summed E-state index contributed by atoms with van der Waals surface area (Å²) in [6.45, 7) is 1.44. The van der Waals surface area contributed by atoms with E-state index in [1.807, 2.05) is 0 Å². The lowest BCUT2D eigenvalue weighted by molar-refractivity contribution is -0.120. The molecule has 4 rings (SSSR count). The van der Waals surface area contributed by atoms with E-state index >= 15 is 0 Å². The molecule has 9 heteroatoms. The van der Waals surface area contributed by atoms with Gasteiger partial charge in [0.25, 0.3) is 0 Å². The third-order valence-corrected chi connectivity index (χ3v) is 6.49. The highest BCUT2D eigenvalue weighted by atomic mass is 32.1. The highest BCUT2D eigenvalue weighted by Crippen LogP contribution is 2.40. The number of carbonyl (C=O) groups is 1. The molecule has 3 aromatic rings. The van der Waals surface area contributed by atoms with Crippen LogP contribution in [-0.2, 0) is 4.79 Å². The van der Waals surface area contributed by atoms with Crippen LogP contribution < -0.4 is 24.4 Å². The zero-order chi connectivity index (χ0) is 22.0. The van der Waals surface area contributed by atoms with E-state index in [0.717, 1.165) is 28.4 Å². The van der Waals surface area contributed by atoms with E-state index in [-0.39, 0.29) is 17.6 Å². The summed E-state index contributed by atoms with van der Waals surface area (Å²) in [5.41, 5.74) is 1.39. The van der Waals surface area contributed by atoms with Crippen molar-refractivity contribution in [2.45, 2.75) is 12.8 Å². The van der Waals surface area contributed by atoms with Gasteiger partial charge < -0.3 is 24.4 Å². The van der Waals surface area contributed by atoms with E-state index in [2.05, 4.69) is 15.2 Å². The largest absolute Gasteiger partial charge is 0.493 e. The fourth-order valence-electron chi connectivity index (χ4n) is 3.75. The second kappa shape index (κ2) is 8.97. The molecule has 0 bridgehead atoms. The molecule has 0 atom stereocenters. The Morgan fingerprint density at radius 3 is 2.39 bits per heavy atom. The number of rotatable bonds is 6. The Hall–Kier alpha value is -3.07. The van der Waals surface area contributed by atoms with Crippen molar-refractivity contribution in [1.29, 1.82) is 0 Å². The third-order valence-electron chi connectivity index (χ3n) is 5.41. The van der Waals surface area contributed by atoms with Gasteiger partial charge in [0.15, 0.2) is 16.6 Å². The van der Waals surface area contributed by atoms with Gasteiger partial charge in [-0.2, -0.15) is 0 Å². The highest BCUT2D eigenvalue weighted by molar-refractivity contribution is 7.22. The van der Waals surface area contributed by atoms with Crippen LogP contribution in [0.1, 0.15) is 12.8 Å². The van der Waals surface area contributed by atoms with Gasteiger partial charge in [-0.15, -0.1) is 0 Å². The zero-order valence-electron chi connectivity index (χ0n) is 17.6. The number of piperidine rings is 1. The second-order valence-corrected chi connectivity index (χ2v) is 8.28. The summed E-state index contributed by atoms with van der Waals surface area (Å²) >= 11 is 1.48. The molecule has 0 aliphatic carbocycles. The summed E-state index contributed by atoms with van der Waals surface area (Å²) in [4.78, 5) is 19.6. The van der Waals surface area contributed by atoms with Crippen LogP contribution in [0.4, 0.5) is 15.2 Å². The van der Waals surface area contributed by atoms with Crippen LogP contribution in [0.5, 0.6) is 17.2 Å². The van der Waals surface area contributed by atoms with Crippen LogP contribution in [0.25, 0.3) is 10.2 Å². The first-order valence-electron chi connectivity index (χ1n) is 9.94. The number of carbonyl (C=O) groups excluding carboxylic acids is 1. The number of aromatic nitrogens is 1. The average Bonchev–Trinajstić information content (AvgIpc) is 3.21. The summed E-state index contributed by atoms with van der Waals surface area (Å²) in [5.74, 6) is 1.04. The maximum atomic E-state index is 13.4. The topological polar surface area (TPSA) is 72.9 Å². The van der Waals surface area contributed by atoms with Crippen molar-refractivity contribution >= 4 is 38.3 Å². The van der Waals surface area contributed by atoms with Crippen molar-refractivity contribution in [2.75, 3.05) is 44.6 Å². The van der Waals surface area contributed by atoms with Gasteiger partial charge in [-0.1, -0.05) is 11.3 Å². The van der Waals surface area contributed by atoms with Crippen molar-refractivity contribution in [3.05, 3.63) is 36.1 Å². The Morgan fingerprint density at radius 2 is 1.77 bits per heavy atom. The van der Waals surface area contributed by atoms with Gasteiger partial charge in [-0.3, -0.25) is 4.79 Å². The van der Waals surface area contributed by atoms with Crippen LogP contribution in [0.15, 0.2) is 30.3 Å². The fraction of sp³-hybridized carbons (Fsp3) is 0.364. The molecule has 31 heavy (non-hydrogen) atoms. The minimum Gasteiger partial charge on any atom is -0.493 e. The zero-order valence-corrected chi connectivity index (χ0v) is 18.4. The molecule has 7 nitrogen and oxygen atoms in total. The summed E-state index contributed by atoms with van der Waals surface area (Å²) in [7, 11) is 4.61. The number of nitrogens with zero attached hydrogens (tertiary/aromatic N) is 2. The summed E-state index contributed by atoms with van der Waals surface area (Å²) < 4.78 is 30.3. The van der Waals surface area contributed by atoms with E-state index in [0.29, 0.717) is 35.8 Å². The minimum absolute atomic E-state index is 0.0414. The Bertz CT molecular complexity index is 1070. The van der Waals surface area contributed by atoms with E-state index in [1.54, 1.807) is 18.2 Å². The number of nitrogens with one attached hydrogen (secondary N) is 1. The number of hydrogen-bond acceptors (Lipinski definition) is 7. The first kappa shape index (κ1) is 21.2. The normalized spacial score (nSPS) is 14.5. The van der Waals surface area contributed by atoms with Crippen molar-refractivity contribution in [2.24, 2.45) is 5.92 Å². The number of benzene rings is 2. The number of anilines is 2. The molecule has 1 aliphatic rings. The lowest BCUT2D eigenvalue weighted by atomic mass is 9.96. The maximum absolute atomic E-state index is 13.4. The number of methoxy groups -OCH3 is 3. The average molecular weight is 446 g/mol. The van der Waals surface area contributed by atoms with E-state index in [4.69, 9.17) is 14.2 Å². The first-order chi connectivity index (χ1) is 15.0. The lowest BCUT2D eigenvalue weighted by Crippen LogP contribution is -2.38. The molecule has 1 saturated heterocycles. The summed E-state index contributed by atoms with van der Waals surface area (Å²) in [6, 6.07) is 8.06. The van der Waals surface area contributed by atoms with Gasteiger partial charge in [0.1, 0.15) is 5.82 Å². The van der Waals surface area contributed by atoms with Gasteiger partial charge in [0.05, 0.1) is 31.5 Å². The molecule has 1 fully saturated rings. The number of ether oxygens (including phenoxy) is 3. The van der Waals surface area contributed by atoms with E-state index < -0.39 is 0 Å². The van der Waals surface area contributed by atoms with Gasteiger partial charge >= 0.3 is 0 Å². The minimum atomic E-state index is -0.259. The van der Waals surface area contributed by atoms with Gasteiger partial charge in [-0.25, -0.2) is 9.37 Å². The third kappa shape index (κ3) is 4.36. The number of halogens is 1. The molecular weight excluding hydrogens is 421 g/mol. The monoisotopic (exact) mass is 445 g/mol. The molecule has 0 unspecified atom stereocenters.